The second kappa shape index (κ2) is 7.30. The van der Waals surface area contributed by atoms with Crippen molar-refractivity contribution in [3.05, 3.63) is 63.1 Å². The van der Waals surface area contributed by atoms with Crippen LogP contribution in [-0.4, -0.2) is 6.04 Å². The fourth-order valence-electron chi connectivity index (χ4n) is 2.11. The molecule has 0 heterocycles. The molecule has 0 radical (unpaired) electrons. The molecule has 0 saturated heterocycles. The third-order valence-corrected chi connectivity index (χ3v) is 4.22. The predicted octanol–water partition coefficient (Wildman–Crippen LogP) is 5.27. The van der Waals surface area contributed by atoms with E-state index in [-0.39, 0.29) is 12.1 Å². The molecule has 2 aromatic rings. The van der Waals surface area contributed by atoms with Crippen molar-refractivity contribution in [2.75, 3.05) is 0 Å². The van der Waals surface area contributed by atoms with Crippen molar-refractivity contribution in [2.45, 2.75) is 32.4 Å². The normalized spacial score (nSPS) is 13.8. The van der Waals surface area contributed by atoms with Crippen LogP contribution in [0.15, 0.2) is 46.9 Å². The molecule has 0 fully saturated rings. The summed E-state index contributed by atoms with van der Waals surface area (Å²) in [6, 6.07) is 13.7. The van der Waals surface area contributed by atoms with Gasteiger partial charge >= 0.3 is 0 Å². The molecule has 2 unspecified atom stereocenters. The van der Waals surface area contributed by atoms with Crippen molar-refractivity contribution in [1.29, 1.82) is 0 Å². The van der Waals surface area contributed by atoms with Gasteiger partial charge in [0.2, 0.25) is 0 Å². The van der Waals surface area contributed by atoms with Crippen molar-refractivity contribution < 1.29 is 4.74 Å². The molecule has 0 saturated carbocycles. The Morgan fingerprint density at radius 1 is 1.19 bits per heavy atom. The van der Waals surface area contributed by atoms with Crippen LogP contribution in [0.1, 0.15) is 30.6 Å². The minimum absolute atomic E-state index is 0.0939. The maximum Gasteiger partial charge on any atom is 0.139 e. The second-order valence-corrected chi connectivity index (χ2v) is 6.42. The molecule has 112 valence electrons. The van der Waals surface area contributed by atoms with Gasteiger partial charge in [0.15, 0.2) is 0 Å². The van der Waals surface area contributed by atoms with E-state index in [9.17, 15) is 0 Å². The van der Waals surface area contributed by atoms with E-state index in [0.717, 1.165) is 22.0 Å². The Kier molecular flexibility index (Phi) is 5.68. The van der Waals surface area contributed by atoms with Crippen LogP contribution >= 0.6 is 27.5 Å². The van der Waals surface area contributed by atoms with E-state index in [1.54, 1.807) is 0 Å². The van der Waals surface area contributed by atoms with Crippen molar-refractivity contribution >= 4 is 27.5 Å². The zero-order chi connectivity index (χ0) is 15.4. The number of hydrogen-bond acceptors (Lipinski definition) is 2. The van der Waals surface area contributed by atoms with Gasteiger partial charge in [0.05, 0.1) is 5.02 Å². The summed E-state index contributed by atoms with van der Waals surface area (Å²) in [5.74, 6) is 0.666. The lowest BCUT2D eigenvalue weighted by molar-refractivity contribution is 0.171. The fraction of sp³-hybridized carbons (Fsp3) is 0.294. The highest BCUT2D eigenvalue weighted by Crippen LogP contribution is 2.32. The lowest BCUT2D eigenvalue weighted by Gasteiger charge is -2.25. The lowest BCUT2D eigenvalue weighted by Crippen LogP contribution is -2.31. The van der Waals surface area contributed by atoms with Gasteiger partial charge in [0.25, 0.3) is 0 Å². The van der Waals surface area contributed by atoms with Gasteiger partial charge in [-0.2, -0.15) is 0 Å². The maximum atomic E-state index is 6.26. The molecular weight excluding hydrogens is 350 g/mol. The van der Waals surface area contributed by atoms with Crippen LogP contribution in [0.25, 0.3) is 0 Å². The zero-order valence-electron chi connectivity index (χ0n) is 12.1. The lowest BCUT2D eigenvalue weighted by atomic mass is 10.0. The first kappa shape index (κ1) is 16.3. The van der Waals surface area contributed by atoms with Gasteiger partial charge in [-0.15, -0.1) is 0 Å². The van der Waals surface area contributed by atoms with E-state index in [2.05, 4.69) is 22.9 Å². The van der Waals surface area contributed by atoms with E-state index >= 15 is 0 Å². The molecule has 0 aliphatic carbocycles. The topological polar surface area (TPSA) is 35.2 Å². The standard InChI is InChI=1S/C17H19BrClNO/c1-3-15(20)17(12-5-7-13(18)8-6-12)21-16-9-4-11(2)10-14(16)19/h4-10,15,17H,3,20H2,1-2H3. The quantitative estimate of drug-likeness (QED) is 0.780. The van der Waals surface area contributed by atoms with Gasteiger partial charge in [-0.1, -0.05) is 52.7 Å². The molecule has 0 aliphatic heterocycles. The summed E-state index contributed by atoms with van der Waals surface area (Å²) in [5.41, 5.74) is 8.38. The van der Waals surface area contributed by atoms with Gasteiger partial charge in [0, 0.05) is 10.5 Å². The van der Waals surface area contributed by atoms with Crippen LogP contribution in [0.4, 0.5) is 0 Å². The molecular formula is C17H19BrClNO. The SMILES string of the molecule is CCC(N)C(Oc1ccc(C)cc1Cl)c1ccc(Br)cc1. The molecule has 0 aliphatic rings. The van der Waals surface area contributed by atoms with Crippen LogP contribution in [-0.2, 0) is 0 Å². The smallest absolute Gasteiger partial charge is 0.139 e. The highest BCUT2D eigenvalue weighted by Gasteiger charge is 2.21. The van der Waals surface area contributed by atoms with Crippen LogP contribution in [0, 0.1) is 6.92 Å². The summed E-state index contributed by atoms with van der Waals surface area (Å²) in [7, 11) is 0. The number of nitrogens with two attached hydrogens (primary N) is 1. The number of halogens is 2. The Labute approximate surface area is 139 Å². The van der Waals surface area contributed by atoms with Crippen LogP contribution < -0.4 is 10.5 Å². The Hall–Kier alpha value is -1.03. The van der Waals surface area contributed by atoms with E-state index in [1.807, 2.05) is 49.4 Å². The minimum atomic E-state index is -0.219. The number of aryl methyl sites for hydroxylation is 1. The molecule has 2 aromatic carbocycles. The van der Waals surface area contributed by atoms with E-state index < -0.39 is 0 Å². The first-order valence-corrected chi connectivity index (χ1v) is 8.12. The largest absolute Gasteiger partial charge is 0.483 e. The summed E-state index contributed by atoms with van der Waals surface area (Å²) < 4.78 is 7.14. The van der Waals surface area contributed by atoms with Gasteiger partial charge in [-0.05, 0) is 48.7 Å². The van der Waals surface area contributed by atoms with E-state index in [1.165, 1.54) is 0 Å². The van der Waals surface area contributed by atoms with Crippen LogP contribution in [0.2, 0.25) is 5.02 Å². The Morgan fingerprint density at radius 3 is 2.43 bits per heavy atom. The third-order valence-electron chi connectivity index (χ3n) is 3.40. The Bertz CT molecular complexity index is 600. The van der Waals surface area contributed by atoms with Crippen molar-refractivity contribution in [3.63, 3.8) is 0 Å². The summed E-state index contributed by atoms with van der Waals surface area (Å²) in [6.45, 7) is 4.05. The van der Waals surface area contributed by atoms with Gasteiger partial charge in [-0.25, -0.2) is 0 Å². The predicted molar refractivity (Wildman–Crippen MR) is 92.0 cm³/mol. The molecule has 2 nitrogen and oxygen atoms in total. The van der Waals surface area contributed by atoms with E-state index in [0.29, 0.717) is 10.8 Å². The van der Waals surface area contributed by atoms with Crippen LogP contribution in [0.5, 0.6) is 5.75 Å². The van der Waals surface area contributed by atoms with Gasteiger partial charge in [0.1, 0.15) is 11.9 Å². The second-order valence-electron chi connectivity index (χ2n) is 5.10. The average Bonchev–Trinajstić information content (AvgIpc) is 2.47. The Morgan fingerprint density at radius 2 is 1.86 bits per heavy atom. The number of hydrogen-bond donors (Lipinski definition) is 1. The fourth-order valence-corrected chi connectivity index (χ4v) is 2.65. The number of ether oxygens (including phenoxy) is 1. The van der Waals surface area contributed by atoms with Crippen LogP contribution in [0.3, 0.4) is 0 Å². The first-order valence-electron chi connectivity index (χ1n) is 6.95. The van der Waals surface area contributed by atoms with Crippen molar-refractivity contribution in [3.8, 4) is 5.75 Å². The Balaban J connectivity index is 2.30. The molecule has 0 amide bonds. The molecule has 0 spiro atoms. The molecule has 0 bridgehead atoms. The van der Waals surface area contributed by atoms with Gasteiger partial charge in [-0.3, -0.25) is 0 Å². The van der Waals surface area contributed by atoms with Crippen molar-refractivity contribution in [1.82, 2.24) is 0 Å². The molecule has 2 atom stereocenters. The molecule has 0 aromatic heterocycles. The van der Waals surface area contributed by atoms with E-state index in [4.69, 9.17) is 22.1 Å². The molecule has 2 rings (SSSR count). The summed E-state index contributed by atoms with van der Waals surface area (Å²) >= 11 is 9.70. The molecule has 2 N–H and O–H groups in total. The summed E-state index contributed by atoms with van der Waals surface area (Å²) in [5, 5.41) is 0.611. The third kappa shape index (κ3) is 4.22. The highest BCUT2D eigenvalue weighted by molar-refractivity contribution is 9.10. The zero-order valence-corrected chi connectivity index (χ0v) is 14.5. The first-order chi connectivity index (χ1) is 10.0. The minimum Gasteiger partial charge on any atom is -0.483 e. The summed E-state index contributed by atoms with van der Waals surface area (Å²) in [4.78, 5) is 0. The van der Waals surface area contributed by atoms with Crippen molar-refractivity contribution in [2.24, 2.45) is 5.73 Å². The maximum absolute atomic E-state index is 6.26. The number of benzene rings is 2. The summed E-state index contributed by atoms with van der Waals surface area (Å²) in [6.07, 6.45) is 0.604. The molecule has 4 heteroatoms. The van der Waals surface area contributed by atoms with Gasteiger partial charge < -0.3 is 10.5 Å². The number of rotatable bonds is 5. The highest BCUT2D eigenvalue weighted by atomic mass is 79.9. The monoisotopic (exact) mass is 367 g/mol. The average molecular weight is 369 g/mol. The molecule has 21 heavy (non-hydrogen) atoms.